The van der Waals surface area contributed by atoms with Crippen LogP contribution in [0.3, 0.4) is 0 Å². The zero-order valence-corrected chi connectivity index (χ0v) is 6.80. The van der Waals surface area contributed by atoms with Crippen LogP contribution >= 0.6 is 15.9 Å². The van der Waals surface area contributed by atoms with Gasteiger partial charge >= 0.3 is 0 Å². The van der Waals surface area contributed by atoms with Gasteiger partial charge in [0, 0.05) is 10.7 Å². The number of nitrogen functional groups attached to an aromatic ring is 1. The Bertz CT molecular complexity index is 259. The van der Waals surface area contributed by atoms with Gasteiger partial charge in [-0.15, -0.1) is 0 Å². The molecule has 0 saturated carbocycles. The summed E-state index contributed by atoms with van der Waals surface area (Å²) in [5, 5.41) is 0. The second-order valence-corrected chi connectivity index (χ2v) is 2.63. The fourth-order valence-electron chi connectivity index (χ4n) is 0.566. The molecule has 1 aromatic rings. The predicted octanol–water partition coefficient (Wildman–Crippen LogP) is 1.76. The number of nitrogens with two attached hydrogens (primary N) is 1. The SMILES string of the molecule is C=Nc1cc(Br)cnc1N. The second-order valence-electron chi connectivity index (χ2n) is 1.72. The van der Waals surface area contributed by atoms with Gasteiger partial charge in [0.1, 0.15) is 11.5 Å². The standard InChI is InChI=1S/C6H6BrN3/c1-9-5-2-4(7)3-10-6(5)8/h2-3H,1H2,(H2,8,10). The van der Waals surface area contributed by atoms with Gasteiger partial charge in [-0.25, -0.2) is 4.98 Å². The summed E-state index contributed by atoms with van der Waals surface area (Å²) in [6.07, 6.45) is 1.62. The summed E-state index contributed by atoms with van der Waals surface area (Å²) in [6, 6.07) is 1.76. The summed E-state index contributed by atoms with van der Waals surface area (Å²) in [5.41, 5.74) is 6.04. The van der Waals surface area contributed by atoms with Crippen LogP contribution in [-0.2, 0) is 0 Å². The lowest BCUT2D eigenvalue weighted by atomic mass is 10.4. The van der Waals surface area contributed by atoms with E-state index in [1.807, 2.05) is 0 Å². The summed E-state index contributed by atoms with van der Waals surface area (Å²) >= 11 is 3.23. The zero-order chi connectivity index (χ0) is 7.56. The number of pyridine rings is 1. The molecule has 0 fully saturated rings. The van der Waals surface area contributed by atoms with Crippen LogP contribution in [0.25, 0.3) is 0 Å². The first kappa shape index (κ1) is 7.21. The summed E-state index contributed by atoms with van der Waals surface area (Å²) in [6.45, 7) is 3.34. The normalized spacial score (nSPS) is 9.30. The quantitative estimate of drug-likeness (QED) is 0.702. The Morgan fingerprint density at radius 2 is 2.40 bits per heavy atom. The highest BCUT2D eigenvalue weighted by molar-refractivity contribution is 9.10. The Morgan fingerprint density at radius 1 is 1.70 bits per heavy atom. The van der Waals surface area contributed by atoms with Crippen molar-refractivity contribution >= 4 is 34.2 Å². The van der Waals surface area contributed by atoms with E-state index in [4.69, 9.17) is 5.73 Å². The van der Waals surface area contributed by atoms with Crippen molar-refractivity contribution in [1.29, 1.82) is 0 Å². The van der Waals surface area contributed by atoms with Crippen molar-refractivity contribution in [2.45, 2.75) is 0 Å². The molecule has 0 unspecified atom stereocenters. The van der Waals surface area contributed by atoms with Crippen LogP contribution in [-0.4, -0.2) is 11.7 Å². The number of hydrogen-bond acceptors (Lipinski definition) is 3. The predicted molar refractivity (Wildman–Crippen MR) is 45.6 cm³/mol. The molecule has 0 radical (unpaired) electrons. The minimum absolute atomic E-state index is 0.401. The minimum Gasteiger partial charge on any atom is -0.382 e. The van der Waals surface area contributed by atoms with Crippen LogP contribution in [0.4, 0.5) is 11.5 Å². The molecular weight excluding hydrogens is 194 g/mol. The highest BCUT2D eigenvalue weighted by atomic mass is 79.9. The summed E-state index contributed by atoms with van der Waals surface area (Å²) in [7, 11) is 0. The van der Waals surface area contributed by atoms with Gasteiger partial charge in [-0.05, 0) is 28.7 Å². The number of halogens is 1. The molecule has 0 aromatic carbocycles. The molecule has 0 atom stereocenters. The Hall–Kier alpha value is -0.900. The highest BCUT2D eigenvalue weighted by Gasteiger charge is 1.96. The van der Waals surface area contributed by atoms with Crippen LogP contribution in [0.15, 0.2) is 21.7 Å². The van der Waals surface area contributed by atoms with Gasteiger partial charge in [0.25, 0.3) is 0 Å². The number of aromatic nitrogens is 1. The summed E-state index contributed by atoms with van der Waals surface area (Å²) in [5.74, 6) is 0.401. The van der Waals surface area contributed by atoms with Crippen LogP contribution in [0, 0.1) is 0 Å². The molecule has 4 heteroatoms. The average molecular weight is 200 g/mol. The first-order valence-electron chi connectivity index (χ1n) is 2.62. The molecule has 1 aromatic heterocycles. The fourth-order valence-corrected chi connectivity index (χ4v) is 0.885. The van der Waals surface area contributed by atoms with Crippen molar-refractivity contribution < 1.29 is 0 Å². The third-order valence-electron chi connectivity index (χ3n) is 1.03. The third-order valence-corrected chi connectivity index (χ3v) is 1.47. The van der Waals surface area contributed by atoms with E-state index in [1.165, 1.54) is 0 Å². The maximum Gasteiger partial charge on any atom is 0.149 e. The van der Waals surface area contributed by atoms with Crippen molar-refractivity contribution in [3.05, 3.63) is 16.7 Å². The third kappa shape index (κ3) is 1.33. The van der Waals surface area contributed by atoms with Crippen LogP contribution in [0.2, 0.25) is 0 Å². The van der Waals surface area contributed by atoms with Crippen molar-refractivity contribution in [3.8, 4) is 0 Å². The van der Waals surface area contributed by atoms with Crippen molar-refractivity contribution in [1.82, 2.24) is 4.98 Å². The number of hydrogen-bond donors (Lipinski definition) is 1. The Morgan fingerprint density at radius 3 is 2.90 bits per heavy atom. The molecule has 0 bridgehead atoms. The molecule has 10 heavy (non-hydrogen) atoms. The van der Waals surface area contributed by atoms with E-state index < -0.39 is 0 Å². The highest BCUT2D eigenvalue weighted by Crippen LogP contribution is 2.22. The lowest BCUT2D eigenvalue weighted by Crippen LogP contribution is -1.88. The monoisotopic (exact) mass is 199 g/mol. The lowest BCUT2D eigenvalue weighted by molar-refractivity contribution is 1.30. The molecule has 52 valence electrons. The smallest absolute Gasteiger partial charge is 0.149 e. The molecule has 0 amide bonds. The molecule has 0 aliphatic carbocycles. The van der Waals surface area contributed by atoms with E-state index in [0.717, 1.165) is 4.47 Å². The molecule has 0 aliphatic heterocycles. The Balaban J connectivity index is 3.21. The largest absolute Gasteiger partial charge is 0.382 e. The molecule has 0 aliphatic rings. The van der Waals surface area contributed by atoms with E-state index in [9.17, 15) is 0 Å². The van der Waals surface area contributed by atoms with Crippen molar-refractivity contribution in [2.75, 3.05) is 5.73 Å². The van der Waals surface area contributed by atoms with Gasteiger partial charge in [-0.2, -0.15) is 0 Å². The van der Waals surface area contributed by atoms with Gasteiger partial charge in [0.15, 0.2) is 0 Å². The number of rotatable bonds is 1. The number of anilines is 1. The maximum atomic E-state index is 5.43. The van der Waals surface area contributed by atoms with E-state index in [2.05, 4.69) is 32.6 Å². The van der Waals surface area contributed by atoms with Crippen molar-refractivity contribution in [3.63, 3.8) is 0 Å². The van der Waals surface area contributed by atoms with Crippen molar-refractivity contribution in [2.24, 2.45) is 4.99 Å². The Labute approximate surface area is 67.1 Å². The Kier molecular flexibility index (Phi) is 2.01. The van der Waals surface area contributed by atoms with Gasteiger partial charge in [0.05, 0.1) is 0 Å². The molecule has 2 N–H and O–H groups in total. The maximum absolute atomic E-state index is 5.43. The first-order valence-corrected chi connectivity index (χ1v) is 3.41. The molecule has 1 rings (SSSR count). The average Bonchev–Trinajstić information content (AvgIpc) is 1.94. The molecule has 0 spiro atoms. The van der Waals surface area contributed by atoms with Crippen LogP contribution in [0.5, 0.6) is 0 Å². The topological polar surface area (TPSA) is 51.3 Å². The van der Waals surface area contributed by atoms with E-state index >= 15 is 0 Å². The molecule has 3 nitrogen and oxygen atoms in total. The van der Waals surface area contributed by atoms with Gasteiger partial charge in [0.2, 0.25) is 0 Å². The van der Waals surface area contributed by atoms with Crippen LogP contribution < -0.4 is 5.73 Å². The number of aliphatic imine (C=N–C) groups is 1. The van der Waals surface area contributed by atoms with Gasteiger partial charge in [-0.1, -0.05) is 0 Å². The van der Waals surface area contributed by atoms with Crippen LogP contribution in [0.1, 0.15) is 0 Å². The summed E-state index contributed by atoms with van der Waals surface area (Å²) in [4.78, 5) is 7.51. The van der Waals surface area contributed by atoms with Gasteiger partial charge in [-0.3, -0.25) is 4.99 Å². The molecule has 1 heterocycles. The van der Waals surface area contributed by atoms with E-state index in [1.54, 1.807) is 12.3 Å². The zero-order valence-electron chi connectivity index (χ0n) is 5.21. The first-order chi connectivity index (χ1) is 4.74. The fraction of sp³-hybridized carbons (Fsp3) is 0. The van der Waals surface area contributed by atoms with E-state index in [0.29, 0.717) is 11.5 Å². The molecular formula is C6H6BrN3. The van der Waals surface area contributed by atoms with E-state index in [-0.39, 0.29) is 0 Å². The minimum atomic E-state index is 0.401. The molecule has 0 saturated heterocycles. The summed E-state index contributed by atoms with van der Waals surface area (Å²) < 4.78 is 0.851. The second kappa shape index (κ2) is 2.79. The lowest BCUT2D eigenvalue weighted by Gasteiger charge is -1.96. The van der Waals surface area contributed by atoms with Gasteiger partial charge < -0.3 is 5.73 Å². The number of nitrogens with zero attached hydrogens (tertiary/aromatic N) is 2.